The fourth-order valence-corrected chi connectivity index (χ4v) is 2.48. The molecule has 112 valence electrons. The summed E-state index contributed by atoms with van der Waals surface area (Å²) in [6, 6.07) is 5.93. The summed E-state index contributed by atoms with van der Waals surface area (Å²) in [5, 5.41) is 9.23. The molecule has 2 rings (SSSR count). The molecular formula is C16H25NO3. The van der Waals surface area contributed by atoms with E-state index in [2.05, 4.69) is 11.9 Å². The van der Waals surface area contributed by atoms with Crippen molar-refractivity contribution in [3.8, 4) is 11.5 Å². The van der Waals surface area contributed by atoms with E-state index in [0.29, 0.717) is 0 Å². The molecule has 1 unspecified atom stereocenters. The van der Waals surface area contributed by atoms with Crippen LogP contribution >= 0.6 is 0 Å². The van der Waals surface area contributed by atoms with Crippen molar-refractivity contribution in [1.82, 2.24) is 4.90 Å². The first-order valence-corrected chi connectivity index (χ1v) is 7.28. The molecule has 1 N–H and O–H groups in total. The molecule has 0 spiro atoms. The lowest BCUT2D eigenvalue weighted by molar-refractivity contribution is 0.111. The molecular weight excluding hydrogens is 254 g/mol. The van der Waals surface area contributed by atoms with Gasteiger partial charge in [0.25, 0.3) is 0 Å². The van der Waals surface area contributed by atoms with Crippen LogP contribution in [0.5, 0.6) is 11.5 Å². The first-order valence-electron chi connectivity index (χ1n) is 7.28. The van der Waals surface area contributed by atoms with Crippen LogP contribution < -0.4 is 9.47 Å². The Hall–Kier alpha value is -1.26. The quantitative estimate of drug-likeness (QED) is 0.898. The van der Waals surface area contributed by atoms with Gasteiger partial charge >= 0.3 is 0 Å². The van der Waals surface area contributed by atoms with Crippen LogP contribution in [0.25, 0.3) is 0 Å². The lowest BCUT2D eigenvalue weighted by atomic mass is 10.0. The zero-order valence-electron chi connectivity index (χ0n) is 12.6. The maximum Gasteiger partial charge on any atom is 0.161 e. The molecule has 0 aromatic heterocycles. The van der Waals surface area contributed by atoms with Gasteiger partial charge in [-0.25, -0.2) is 0 Å². The van der Waals surface area contributed by atoms with Crippen molar-refractivity contribution < 1.29 is 14.6 Å². The van der Waals surface area contributed by atoms with Gasteiger partial charge in [0.05, 0.1) is 7.11 Å². The van der Waals surface area contributed by atoms with Crippen LogP contribution in [0.15, 0.2) is 18.2 Å². The van der Waals surface area contributed by atoms with Crippen molar-refractivity contribution in [2.75, 3.05) is 33.9 Å². The Morgan fingerprint density at radius 1 is 1.30 bits per heavy atom. The predicted molar refractivity (Wildman–Crippen MR) is 79.6 cm³/mol. The first kappa shape index (κ1) is 15.1. The standard InChI is InChI=1S/C16H25NO3/c1-12(11-18)13-4-5-15(16(10-13)19-3)20-14-6-8-17(2)9-7-14/h4-5,10,12,14,18H,6-9,11H2,1-3H3. The number of ether oxygens (including phenoxy) is 2. The monoisotopic (exact) mass is 279 g/mol. The lowest BCUT2D eigenvalue weighted by Crippen LogP contribution is -2.35. The summed E-state index contributed by atoms with van der Waals surface area (Å²) < 4.78 is 11.5. The van der Waals surface area contributed by atoms with Crippen molar-refractivity contribution in [1.29, 1.82) is 0 Å². The number of methoxy groups -OCH3 is 1. The summed E-state index contributed by atoms with van der Waals surface area (Å²) in [4.78, 5) is 2.32. The van der Waals surface area contributed by atoms with Gasteiger partial charge < -0.3 is 19.5 Å². The van der Waals surface area contributed by atoms with Crippen molar-refractivity contribution >= 4 is 0 Å². The Labute approximate surface area is 121 Å². The molecule has 4 nitrogen and oxygen atoms in total. The molecule has 1 aliphatic heterocycles. The van der Waals surface area contributed by atoms with E-state index in [1.165, 1.54) is 0 Å². The zero-order chi connectivity index (χ0) is 14.5. The van der Waals surface area contributed by atoms with Gasteiger partial charge in [-0.15, -0.1) is 0 Å². The van der Waals surface area contributed by atoms with Crippen LogP contribution in [-0.4, -0.2) is 50.0 Å². The summed E-state index contributed by atoms with van der Waals surface area (Å²) >= 11 is 0. The normalized spacial score (nSPS) is 18.8. The maximum absolute atomic E-state index is 9.23. The molecule has 1 aromatic rings. The molecule has 1 aliphatic rings. The first-order chi connectivity index (χ1) is 9.63. The highest BCUT2D eigenvalue weighted by Crippen LogP contribution is 2.32. The molecule has 1 saturated heterocycles. The SMILES string of the molecule is COc1cc(C(C)CO)ccc1OC1CCN(C)CC1. The van der Waals surface area contributed by atoms with Crippen molar-refractivity contribution in [2.24, 2.45) is 0 Å². The number of rotatable bonds is 5. The zero-order valence-corrected chi connectivity index (χ0v) is 12.6. The molecule has 0 bridgehead atoms. The van der Waals surface area contributed by atoms with Gasteiger partial charge in [0.15, 0.2) is 11.5 Å². The van der Waals surface area contributed by atoms with Gasteiger partial charge in [0.1, 0.15) is 6.10 Å². The Balaban J connectivity index is 2.07. The Kier molecular flexibility index (Phi) is 5.26. The summed E-state index contributed by atoms with van der Waals surface area (Å²) in [6.07, 6.45) is 2.37. The van der Waals surface area contributed by atoms with E-state index < -0.39 is 0 Å². The van der Waals surface area contributed by atoms with Gasteiger partial charge in [-0.05, 0) is 37.6 Å². The molecule has 0 amide bonds. The van der Waals surface area contributed by atoms with Crippen LogP contribution in [0.2, 0.25) is 0 Å². The number of nitrogens with zero attached hydrogens (tertiary/aromatic N) is 1. The highest BCUT2D eigenvalue weighted by atomic mass is 16.5. The van der Waals surface area contributed by atoms with E-state index in [1.54, 1.807) is 7.11 Å². The minimum Gasteiger partial charge on any atom is -0.493 e. The Morgan fingerprint density at radius 2 is 2.00 bits per heavy atom. The largest absolute Gasteiger partial charge is 0.493 e. The van der Waals surface area contributed by atoms with Crippen LogP contribution in [0.1, 0.15) is 31.2 Å². The fraction of sp³-hybridized carbons (Fsp3) is 0.625. The number of likely N-dealkylation sites (tertiary alicyclic amines) is 1. The van der Waals surface area contributed by atoms with Crippen molar-refractivity contribution in [3.05, 3.63) is 23.8 Å². The summed E-state index contributed by atoms with van der Waals surface area (Å²) in [5.41, 5.74) is 1.07. The molecule has 0 radical (unpaired) electrons. The van der Waals surface area contributed by atoms with Crippen LogP contribution in [-0.2, 0) is 0 Å². The molecule has 0 aliphatic carbocycles. The summed E-state index contributed by atoms with van der Waals surface area (Å²) in [7, 11) is 3.80. The number of benzene rings is 1. The molecule has 20 heavy (non-hydrogen) atoms. The van der Waals surface area contributed by atoms with Gasteiger partial charge in [-0.2, -0.15) is 0 Å². The average molecular weight is 279 g/mol. The van der Waals surface area contributed by atoms with Crippen molar-refractivity contribution in [3.63, 3.8) is 0 Å². The van der Waals surface area contributed by atoms with Crippen LogP contribution in [0.3, 0.4) is 0 Å². The number of hydrogen-bond acceptors (Lipinski definition) is 4. The summed E-state index contributed by atoms with van der Waals surface area (Å²) in [5.74, 6) is 1.67. The lowest BCUT2D eigenvalue weighted by Gasteiger charge is -2.29. The van der Waals surface area contributed by atoms with Gasteiger partial charge in [0.2, 0.25) is 0 Å². The minimum atomic E-state index is 0.112. The second-order valence-corrected chi connectivity index (χ2v) is 5.61. The third-order valence-electron chi connectivity index (χ3n) is 3.99. The maximum atomic E-state index is 9.23. The van der Waals surface area contributed by atoms with Gasteiger partial charge in [-0.1, -0.05) is 13.0 Å². The fourth-order valence-electron chi connectivity index (χ4n) is 2.48. The molecule has 1 atom stereocenters. The molecule has 0 saturated carbocycles. The molecule has 1 heterocycles. The summed E-state index contributed by atoms with van der Waals surface area (Å²) in [6.45, 7) is 4.28. The molecule has 1 aromatic carbocycles. The van der Waals surface area contributed by atoms with Gasteiger partial charge in [0, 0.05) is 25.6 Å². The predicted octanol–water partition coefficient (Wildman–Crippen LogP) is 2.26. The Bertz CT molecular complexity index is 428. The minimum absolute atomic E-state index is 0.112. The van der Waals surface area contributed by atoms with Crippen LogP contribution in [0.4, 0.5) is 0 Å². The third-order valence-corrected chi connectivity index (χ3v) is 3.99. The van der Waals surface area contributed by atoms with Crippen molar-refractivity contribution in [2.45, 2.75) is 31.8 Å². The highest BCUT2D eigenvalue weighted by Gasteiger charge is 2.20. The second kappa shape index (κ2) is 6.95. The number of hydrogen-bond donors (Lipinski definition) is 1. The Morgan fingerprint density at radius 3 is 2.60 bits per heavy atom. The number of aliphatic hydroxyl groups excluding tert-OH is 1. The smallest absolute Gasteiger partial charge is 0.161 e. The van der Waals surface area contributed by atoms with E-state index in [4.69, 9.17) is 9.47 Å². The average Bonchev–Trinajstić information content (AvgIpc) is 2.49. The third kappa shape index (κ3) is 3.64. The van der Waals surface area contributed by atoms with E-state index in [1.807, 2.05) is 25.1 Å². The van der Waals surface area contributed by atoms with E-state index in [0.717, 1.165) is 43.0 Å². The highest BCUT2D eigenvalue weighted by molar-refractivity contribution is 5.44. The van der Waals surface area contributed by atoms with E-state index in [9.17, 15) is 5.11 Å². The van der Waals surface area contributed by atoms with E-state index in [-0.39, 0.29) is 18.6 Å². The molecule has 4 heteroatoms. The van der Waals surface area contributed by atoms with Crippen LogP contribution in [0, 0.1) is 0 Å². The molecule has 1 fully saturated rings. The second-order valence-electron chi connectivity index (χ2n) is 5.61. The topological polar surface area (TPSA) is 41.9 Å². The number of aliphatic hydroxyl groups is 1. The van der Waals surface area contributed by atoms with E-state index >= 15 is 0 Å². The number of piperidine rings is 1. The van der Waals surface area contributed by atoms with Gasteiger partial charge in [-0.3, -0.25) is 0 Å².